The normalized spacial score (nSPS) is 10.2. The molecule has 0 fully saturated rings. The molecule has 0 radical (unpaired) electrons. The summed E-state index contributed by atoms with van der Waals surface area (Å²) in [5.74, 6) is 0.498. The van der Waals surface area contributed by atoms with E-state index in [4.69, 9.17) is 14.2 Å². The molecular formula is C22H27NO5. The van der Waals surface area contributed by atoms with Crippen molar-refractivity contribution in [1.82, 2.24) is 5.32 Å². The Morgan fingerprint density at radius 1 is 1.04 bits per heavy atom. The summed E-state index contributed by atoms with van der Waals surface area (Å²) in [4.78, 5) is 24.0. The van der Waals surface area contributed by atoms with Gasteiger partial charge in [-0.3, -0.25) is 4.79 Å². The molecule has 0 aliphatic heterocycles. The van der Waals surface area contributed by atoms with Gasteiger partial charge in [-0.1, -0.05) is 29.8 Å². The van der Waals surface area contributed by atoms with E-state index in [0.29, 0.717) is 36.5 Å². The number of hydrogen-bond donors (Lipinski definition) is 1. The number of hydrogen-bond acceptors (Lipinski definition) is 5. The summed E-state index contributed by atoms with van der Waals surface area (Å²) in [7, 11) is 1.51. The molecule has 1 N–H and O–H groups in total. The maximum atomic E-state index is 12.1. The van der Waals surface area contributed by atoms with Gasteiger partial charge in [0.2, 0.25) is 5.91 Å². The molecule has 150 valence electrons. The maximum Gasteiger partial charge on any atom is 0.338 e. The van der Waals surface area contributed by atoms with E-state index in [1.807, 2.05) is 38.1 Å². The molecule has 0 atom stereocenters. The van der Waals surface area contributed by atoms with Crippen molar-refractivity contribution in [3.8, 4) is 11.5 Å². The smallest absolute Gasteiger partial charge is 0.338 e. The van der Waals surface area contributed by atoms with Crippen LogP contribution in [0.15, 0.2) is 42.5 Å². The number of amides is 1. The number of rotatable bonds is 10. The first-order valence-electron chi connectivity index (χ1n) is 9.33. The number of carbonyl (C=O) groups excluding carboxylic acids is 2. The van der Waals surface area contributed by atoms with Gasteiger partial charge < -0.3 is 19.5 Å². The molecule has 0 aliphatic carbocycles. The molecule has 0 bridgehead atoms. The molecule has 6 heteroatoms. The van der Waals surface area contributed by atoms with Crippen molar-refractivity contribution in [3.05, 3.63) is 59.2 Å². The zero-order valence-corrected chi connectivity index (χ0v) is 16.6. The van der Waals surface area contributed by atoms with Gasteiger partial charge in [0.25, 0.3) is 0 Å². The van der Waals surface area contributed by atoms with Gasteiger partial charge in [-0.05, 0) is 44.0 Å². The highest BCUT2D eigenvalue weighted by Crippen LogP contribution is 2.28. The largest absolute Gasteiger partial charge is 0.493 e. The second-order valence-corrected chi connectivity index (χ2v) is 6.27. The van der Waals surface area contributed by atoms with E-state index in [2.05, 4.69) is 5.32 Å². The highest BCUT2D eigenvalue weighted by Gasteiger charge is 2.12. The number of methoxy groups -OCH3 is 1. The molecule has 0 heterocycles. The lowest BCUT2D eigenvalue weighted by Gasteiger charge is -2.11. The Morgan fingerprint density at radius 2 is 1.79 bits per heavy atom. The fourth-order valence-corrected chi connectivity index (χ4v) is 2.59. The molecule has 0 aromatic heterocycles. The third-order valence-corrected chi connectivity index (χ3v) is 4.12. The summed E-state index contributed by atoms with van der Waals surface area (Å²) in [6.45, 7) is 4.78. The lowest BCUT2D eigenvalue weighted by molar-refractivity contribution is -0.121. The number of ether oxygens (including phenoxy) is 3. The second kappa shape index (κ2) is 11.0. The van der Waals surface area contributed by atoms with Crippen LogP contribution in [-0.4, -0.2) is 38.7 Å². The number of nitrogens with one attached hydrogen (secondary N) is 1. The Kier molecular flexibility index (Phi) is 8.34. The van der Waals surface area contributed by atoms with Crippen LogP contribution in [0.4, 0.5) is 0 Å². The first kappa shape index (κ1) is 21.3. The highest BCUT2D eigenvalue weighted by molar-refractivity contribution is 5.90. The predicted molar refractivity (Wildman–Crippen MR) is 107 cm³/mol. The summed E-state index contributed by atoms with van der Waals surface area (Å²) < 4.78 is 15.9. The third-order valence-electron chi connectivity index (χ3n) is 4.12. The Labute approximate surface area is 165 Å². The van der Waals surface area contributed by atoms with E-state index in [-0.39, 0.29) is 19.1 Å². The molecule has 1 amide bonds. The molecule has 2 aromatic carbocycles. The zero-order chi connectivity index (χ0) is 20.4. The number of carbonyl (C=O) groups is 2. The van der Waals surface area contributed by atoms with E-state index in [9.17, 15) is 9.59 Å². The highest BCUT2D eigenvalue weighted by atomic mass is 16.5. The Bertz CT molecular complexity index is 786. The van der Waals surface area contributed by atoms with Gasteiger partial charge in [-0.15, -0.1) is 0 Å². The standard InChI is InChI=1S/C22H27NO5/c1-4-27-19-11-10-18(15-20(19)26-3)22(25)28-14-13-23-21(24)12-9-17-7-5-16(2)6-8-17/h5-8,10-11,15H,4,9,12-14H2,1-3H3,(H,23,24). The van der Waals surface area contributed by atoms with Crippen LogP contribution in [-0.2, 0) is 16.0 Å². The van der Waals surface area contributed by atoms with Crippen molar-refractivity contribution in [3.63, 3.8) is 0 Å². The molecule has 2 rings (SSSR count). The van der Waals surface area contributed by atoms with Crippen LogP contribution in [0.25, 0.3) is 0 Å². The SMILES string of the molecule is CCOc1ccc(C(=O)OCCNC(=O)CCc2ccc(C)cc2)cc1OC. The van der Waals surface area contributed by atoms with Crippen molar-refractivity contribution in [2.24, 2.45) is 0 Å². The van der Waals surface area contributed by atoms with E-state index in [1.54, 1.807) is 18.2 Å². The molecule has 0 unspecified atom stereocenters. The van der Waals surface area contributed by atoms with Gasteiger partial charge in [0.15, 0.2) is 11.5 Å². The van der Waals surface area contributed by atoms with Crippen LogP contribution >= 0.6 is 0 Å². The summed E-state index contributed by atoms with van der Waals surface area (Å²) >= 11 is 0. The zero-order valence-electron chi connectivity index (χ0n) is 16.6. The molecule has 0 aliphatic rings. The summed E-state index contributed by atoms with van der Waals surface area (Å²) in [5.41, 5.74) is 2.68. The van der Waals surface area contributed by atoms with Crippen molar-refractivity contribution in [2.75, 3.05) is 26.9 Å². The van der Waals surface area contributed by atoms with Crippen LogP contribution in [0.1, 0.15) is 34.8 Å². The minimum atomic E-state index is -0.477. The molecule has 28 heavy (non-hydrogen) atoms. The van der Waals surface area contributed by atoms with Crippen LogP contribution in [0, 0.1) is 6.92 Å². The van der Waals surface area contributed by atoms with E-state index >= 15 is 0 Å². The molecule has 0 saturated carbocycles. The lowest BCUT2D eigenvalue weighted by Crippen LogP contribution is -2.28. The Balaban J connectivity index is 1.71. The monoisotopic (exact) mass is 385 g/mol. The van der Waals surface area contributed by atoms with Crippen molar-refractivity contribution in [2.45, 2.75) is 26.7 Å². The Morgan fingerprint density at radius 3 is 2.46 bits per heavy atom. The molecule has 6 nitrogen and oxygen atoms in total. The first-order valence-corrected chi connectivity index (χ1v) is 9.33. The Hall–Kier alpha value is -3.02. The number of esters is 1. The number of benzene rings is 2. The predicted octanol–water partition coefficient (Wildman–Crippen LogP) is 3.31. The molecule has 2 aromatic rings. The average Bonchev–Trinajstić information content (AvgIpc) is 2.71. The quantitative estimate of drug-likeness (QED) is 0.502. The van der Waals surface area contributed by atoms with Crippen LogP contribution in [0.3, 0.4) is 0 Å². The third kappa shape index (κ3) is 6.61. The fraction of sp³-hybridized carbons (Fsp3) is 0.364. The van der Waals surface area contributed by atoms with Crippen molar-refractivity contribution < 1.29 is 23.8 Å². The topological polar surface area (TPSA) is 73.9 Å². The van der Waals surface area contributed by atoms with Crippen molar-refractivity contribution in [1.29, 1.82) is 0 Å². The van der Waals surface area contributed by atoms with Crippen LogP contribution in [0.2, 0.25) is 0 Å². The summed E-state index contributed by atoms with van der Waals surface area (Å²) in [6.07, 6.45) is 1.07. The van der Waals surface area contributed by atoms with Gasteiger partial charge in [-0.2, -0.15) is 0 Å². The van der Waals surface area contributed by atoms with Crippen LogP contribution in [0.5, 0.6) is 11.5 Å². The average molecular weight is 385 g/mol. The van der Waals surface area contributed by atoms with Gasteiger partial charge in [0, 0.05) is 6.42 Å². The first-order chi connectivity index (χ1) is 13.5. The molecule has 0 saturated heterocycles. The van der Waals surface area contributed by atoms with E-state index < -0.39 is 5.97 Å². The lowest BCUT2D eigenvalue weighted by atomic mass is 10.1. The maximum absolute atomic E-state index is 12.1. The molecule has 0 spiro atoms. The minimum absolute atomic E-state index is 0.0700. The van der Waals surface area contributed by atoms with E-state index in [1.165, 1.54) is 12.7 Å². The second-order valence-electron chi connectivity index (χ2n) is 6.27. The van der Waals surface area contributed by atoms with Crippen LogP contribution < -0.4 is 14.8 Å². The molecular weight excluding hydrogens is 358 g/mol. The van der Waals surface area contributed by atoms with Gasteiger partial charge in [0.1, 0.15) is 6.61 Å². The minimum Gasteiger partial charge on any atom is -0.493 e. The number of aryl methyl sites for hydroxylation is 2. The van der Waals surface area contributed by atoms with Gasteiger partial charge >= 0.3 is 5.97 Å². The van der Waals surface area contributed by atoms with Gasteiger partial charge in [0.05, 0.1) is 25.8 Å². The van der Waals surface area contributed by atoms with Crippen molar-refractivity contribution >= 4 is 11.9 Å². The summed E-state index contributed by atoms with van der Waals surface area (Å²) in [6, 6.07) is 13.0. The summed E-state index contributed by atoms with van der Waals surface area (Å²) in [5, 5.41) is 2.76. The fourth-order valence-electron chi connectivity index (χ4n) is 2.59. The van der Waals surface area contributed by atoms with Gasteiger partial charge in [-0.25, -0.2) is 4.79 Å². The van der Waals surface area contributed by atoms with E-state index in [0.717, 1.165) is 5.56 Å².